The van der Waals surface area contributed by atoms with Crippen LogP contribution in [-0.2, 0) is 23.7 Å². The Balaban J connectivity index is 2.73. The molecule has 0 amide bonds. The summed E-state index contributed by atoms with van der Waals surface area (Å²) < 4.78 is 47.7. The molecule has 11 heteroatoms. The highest BCUT2D eigenvalue weighted by Gasteiger charge is 2.32. The van der Waals surface area contributed by atoms with Crippen molar-refractivity contribution in [3.63, 3.8) is 0 Å². The third-order valence-electron chi connectivity index (χ3n) is 2.02. The Labute approximate surface area is 123 Å². The van der Waals surface area contributed by atoms with Crippen LogP contribution in [0.1, 0.15) is 20.3 Å². The Bertz CT molecular complexity index is 496. The molecule has 0 bridgehead atoms. The predicted octanol–water partition coefficient (Wildman–Crippen LogP) is 1.43. The Morgan fingerprint density at radius 1 is 1.50 bits per heavy atom. The van der Waals surface area contributed by atoms with Gasteiger partial charge in [-0.15, -0.1) is 0 Å². The Hall–Kier alpha value is -0.280. The SMILES string of the molecule is CCCSP(=O)(OCC)ON1CCN=C1NS(C)(=O)=O. The molecule has 1 N–H and O–H groups in total. The van der Waals surface area contributed by atoms with E-state index in [1.807, 2.05) is 6.92 Å². The van der Waals surface area contributed by atoms with E-state index in [1.54, 1.807) is 6.92 Å². The largest absolute Gasteiger partial charge is 0.410 e. The fourth-order valence-electron chi connectivity index (χ4n) is 1.33. The van der Waals surface area contributed by atoms with Gasteiger partial charge < -0.3 is 0 Å². The number of rotatable bonds is 8. The number of nitrogens with zero attached hydrogens (tertiary/aromatic N) is 2. The molecule has 1 aliphatic rings. The molecule has 0 aromatic heterocycles. The lowest BCUT2D eigenvalue weighted by Crippen LogP contribution is -2.40. The zero-order valence-electron chi connectivity index (χ0n) is 11.7. The molecule has 0 saturated heterocycles. The summed E-state index contributed by atoms with van der Waals surface area (Å²) in [7, 11) is -3.47. The average molecular weight is 345 g/mol. The molecule has 0 aliphatic carbocycles. The second-order valence-electron chi connectivity index (χ2n) is 3.96. The van der Waals surface area contributed by atoms with Crippen molar-refractivity contribution in [3.05, 3.63) is 0 Å². The van der Waals surface area contributed by atoms with E-state index in [2.05, 4.69) is 9.71 Å². The number of hydrogen-bond donors (Lipinski definition) is 1. The monoisotopic (exact) mass is 345 g/mol. The van der Waals surface area contributed by atoms with E-state index in [-0.39, 0.29) is 12.6 Å². The molecule has 0 aromatic rings. The summed E-state index contributed by atoms with van der Waals surface area (Å²) in [6.07, 6.45) is 1.84. The van der Waals surface area contributed by atoms with Crippen molar-refractivity contribution in [2.24, 2.45) is 4.99 Å². The van der Waals surface area contributed by atoms with E-state index in [0.717, 1.165) is 24.1 Å². The zero-order valence-corrected chi connectivity index (χ0v) is 14.3. The van der Waals surface area contributed by atoms with E-state index in [9.17, 15) is 13.0 Å². The first-order valence-corrected chi connectivity index (χ1v) is 11.2. The van der Waals surface area contributed by atoms with Gasteiger partial charge in [-0.05, 0) is 24.7 Å². The summed E-state index contributed by atoms with van der Waals surface area (Å²) in [6.45, 7) is 1.24. The van der Waals surface area contributed by atoms with Crippen molar-refractivity contribution >= 4 is 34.2 Å². The summed E-state index contributed by atoms with van der Waals surface area (Å²) in [4.78, 5) is 3.97. The molecular weight excluding hydrogens is 325 g/mol. The Kier molecular flexibility index (Phi) is 6.80. The van der Waals surface area contributed by atoms with Crippen molar-refractivity contribution in [3.8, 4) is 0 Å². The average Bonchev–Trinajstić information content (AvgIpc) is 2.72. The van der Waals surface area contributed by atoms with Gasteiger partial charge in [-0.1, -0.05) is 6.92 Å². The molecule has 118 valence electrons. The highest BCUT2D eigenvalue weighted by Crippen LogP contribution is 2.61. The predicted molar refractivity (Wildman–Crippen MR) is 80.1 cm³/mol. The minimum absolute atomic E-state index is 0.0320. The first-order valence-electron chi connectivity index (χ1n) is 6.18. The van der Waals surface area contributed by atoms with E-state index >= 15 is 0 Å². The van der Waals surface area contributed by atoms with Gasteiger partial charge >= 0.3 is 6.80 Å². The first kappa shape index (κ1) is 17.8. The minimum Gasteiger partial charge on any atom is -0.300 e. The zero-order chi connectivity index (χ0) is 15.2. The highest BCUT2D eigenvalue weighted by molar-refractivity contribution is 8.55. The summed E-state index contributed by atoms with van der Waals surface area (Å²) >= 11 is 1.09. The van der Waals surface area contributed by atoms with E-state index in [1.165, 1.54) is 5.06 Å². The van der Waals surface area contributed by atoms with Crippen molar-refractivity contribution in [1.29, 1.82) is 0 Å². The van der Waals surface area contributed by atoms with Crippen LogP contribution in [0.5, 0.6) is 0 Å². The van der Waals surface area contributed by atoms with Crippen LogP contribution in [0.4, 0.5) is 0 Å². The molecule has 1 heterocycles. The molecule has 0 fully saturated rings. The number of guanidine groups is 1. The molecule has 1 atom stereocenters. The number of aliphatic imine (C=N–C) groups is 1. The molecule has 0 saturated carbocycles. The lowest BCUT2D eigenvalue weighted by Gasteiger charge is -2.24. The molecule has 1 aliphatic heterocycles. The molecule has 8 nitrogen and oxygen atoms in total. The highest BCUT2D eigenvalue weighted by atomic mass is 32.7. The molecule has 0 radical (unpaired) electrons. The van der Waals surface area contributed by atoms with Gasteiger partial charge in [0.2, 0.25) is 16.0 Å². The molecule has 0 spiro atoms. The number of hydrogen-bond acceptors (Lipinski definition) is 8. The van der Waals surface area contributed by atoms with Crippen LogP contribution in [0, 0.1) is 0 Å². The van der Waals surface area contributed by atoms with Crippen LogP contribution in [0.2, 0.25) is 0 Å². The van der Waals surface area contributed by atoms with Gasteiger partial charge in [-0.2, -0.15) is 4.62 Å². The van der Waals surface area contributed by atoms with Crippen LogP contribution in [-0.4, -0.2) is 51.1 Å². The molecule has 20 heavy (non-hydrogen) atoms. The van der Waals surface area contributed by atoms with Crippen molar-refractivity contribution in [2.75, 3.05) is 31.7 Å². The number of hydroxylamine groups is 2. The topological polar surface area (TPSA) is 97.3 Å². The third-order valence-corrected chi connectivity index (χ3v) is 6.46. The molecule has 1 rings (SSSR count). The number of sulfonamides is 1. The van der Waals surface area contributed by atoms with E-state index in [4.69, 9.17) is 9.15 Å². The molecule has 0 aromatic carbocycles. The lowest BCUT2D eigenvalue weighted by molar-refractivity contribution is 0.0151. The quantitative estimate of drug-likeness (QED) is 0.665. The smallest absolute Gasteiger partial charge is 0.300 e. The third kappa shape index (κ3) is 6.01. The van der Waals surface area contributed by atoms with Gasteiger partial charge in [-0.3, -0.25) is 9.25 Å². The van der Waals surface area contributed by atoms with Crippen LogP contribution >= 0.6 is 18.2 Å². The van der Waals surface area contributed by atoms with Gasteiger partial charge in [0, 0.05) is 5.75 Å². The Morgan fingerprint density at radius 2 is 2.20 bits per heavy atom. The van der Waals surface area contributed by atoms with E-state index < -0.39 is 16.8 Å². The van der Waals surface area contributed by atoms with Gasteiger partial charge in [0.15, 0.2) is 0 Å². The normalized spacial score (nSPS) is 18.8. The van der Waals surface area contributed by atoms with Gasteiger partial charge in [-0.25, -0.2) is 23.0 Å². The summed E-state index contributed by atoms with van der Waals surface area (Å²) in [5.74, 6) is 0.654. The fourth-order valence-corrected chi connectivity index (χ4v) is 5.26. The number of nitrogens with one attached hydrogen (secondary N) is 1. The molecular formula is C9H20N3O5PS2. The van der Waals surface area contributed by atoms with Crippen molar-refractivity contribution in [1.82, 2.24) is 9.79 Å². The van der Waals surface area contributed by atoms with Crippen molar-refractivity contribution in [2.45, 2.75) is 20.3 Å². The van der Waals surface area contributed by atoms with Crippen LogP contribution in [0.25, 0.3) is 0 Å². The van der Waals surface area contributed by atoms with Crippen LogP contribution in [0.3, 0.4) is 0 Å². The second kappa shape index (κ2) is 7.65. The fraction of sp³-hybridized carbons (Fsp3) is 0.889. The van der Waals surface area contributed by atoms with Crippen LogP contribution < -0.4 is 4.72 Å². The summed E-state index contributed by atoms with van der Waals surface area (Å²) in [5.41, 5.74) is 0. The Morgan fingerprint density at radius 3 is 2.75 bits per heavy atom. The van der Waals surface area contributed by atoms with E-state index in [0.29, 0.717) is 18.8 Å². The van der Waals surface area contributed by atoms with Gasteiger partial charge in [0.1, 0.15) is 0 Å². The van der Waals surface area contributed by atoms with Gasteiger partial charge in [0.05, 0.1) is 26.0 Å². The standard InChI is InChI=1S/C9H20N3O5PS2/c1-4-8-19-18(13,16-5-2)17-12-7-6-10-9(12)11-20(3,14)15/h4-8H2,1-3H3,(H,10,11). The minimum atomic E-state index is -3.47. The summed E-state index contributed by atoms with van der Waals surface area (Å²) in [6, 6.07) is 0. The molecule has 1 unspecified atom stereocenters. The maximum Gasteiger partial charge on any atom is 0.410 e. The maximum atomic E-state index is 12.5. The van der Waals surface area contributed by atoms with Crippen LogP contribution in [0.15, 0.2) is 4.99 Å². The maximum absolute atomic E-state index is 12.5. The second-order valence-corrected chi connectivity index (χ2v) is 9.81. The van der Waals surface area contributed by atoms with Crippen molar-refractivity contribution < 1.29 is 22.1 Å². The first-order chi connectivity index (χ1) is 9.29. The van der Waals surface area contributed by atoms with Gasteiger partial charge in [0.25, 0.3) is 0 Å². The lowest BCUT2D eigenvalue weighted by atomic mass is 10.6. The summed E-state index contributed by atoms with van der Waals surface area (Å²) in [5, 5.41) is 1.18.